The quantitative estimate of drug-likeness (QED) is 0.0525. The van der Waals surface area contributed by atoms with Gasteiger partial charge >= 0.3 is 12.1 Å². The molecule has 74 heavy (non-hydrogen) atoms. The van der Waals surface area contributed by atoms with Crippen LogP contribution in [0.5, 0.6) is 17.2 Å². The third-order valence-corrected chi connectivity index (χ3v) is 20.9. The first-order valence-electron chi connectivity index (χ1n) is 24.1. The highest BCUT2D eigenvalue weighted by atomic mass is 32.2. The predicted octanol–water partition coefficient (Wildman–Crippen LogP) is 7.00. The molecule has 0 radical (unpaired) electrons. The number of methoxy groups -OCH3 is 4. The lowest BCUT2D eigenvalue weighted by Crippen LogP contribution is -2.51. The van der Waals surface area contributed by atoms with Gasteiger partial charge in [-0.1, -0.05) is 57.2 Å². The summed E-state index contributed by atoms with van der Waals surface area (Å²) in [4.78, 5) is 27.8. The van der Waals surface area contributed by atoms with E-state index in [1.165, 1.54) is 42.6 Å². The van der Waals surface area contributed by atoms with Crippen LogP contribution in [-0.2, 0) is 58.4 Å². The first kappa shape index (κ1) is 57.2. The molecule has 2 N–H and O–H groups in total. The molecule has 6 rings (SSSR count). The van der Waals surface area contributed by atoms with Gasteiger partial charge in [0.25, 0.3) is 0 Å². The van der Waals surface area contributed by atoms with Crippen molar-refractivity contribution >= 4 is 46.1 Å². The van der Waals surface area contributed by atoms with Gasteiger partial charge in [-0.15, -0.1) is 10.2 Å². The number of nitrogens with one attached hydrogen (secondary N) is 2. The van der Waals surface area contributed by atoms with Crippen LogP contribution in [0.3, 0.4) is 0 Å². The van der Waals surface area contributed by atoms with Gasteiger partial charge in [-0.05, 0) is 116 Å². The second-order valence-corrected chi connectivity index (χ2v) is 28.8. The maximum Gasteiger partial charge on any atom is 0.407 e. The lowest BCUT2D eigenvalue weighted by Gasteiger charge is -2.39. The molecule has 0 spiro atoms. The van der Waals surface area contributed by atoms with Gasteiger partial charge in [-0.3, -0.25) is 4.79 Å². The number of ether oxygens (including phenoxy) is 5. The molecule has 1 aliphatic heterocycles. The highest BCUT2D eigenvalue weighted by Gasteiger charge is 2.42. The summed E-state index contributed by atoms with van der Waals surface area (Å²) in [5.74, 6) is 0.503. The molecular formula is C51H70N8O12S2Si. The summed E-state index contributed by atoms with van der Waals surface area (Å²) < 4.78 is 100. The van der Waals surface area contributed by atoms with Crippen LogP contribution < -0.4 is 29.1 Å². The zero-order valence-corrected chi connectivity index (χ0v) is 46.9. The fraction of sp³-hybridized carbons (Fsp3) is 0.471. The second-order valence-electron chi connectivity index (χ2n) is 20.4. The van der Waals surface area contributed by atoms with E-state index >= 15 is 16.8 Å². The number of benzene rings is 4. The molecule has 1 saturated heterocycles. The van der Waals surface area contributed by atoms with Crippen LogP contribution >= 0.6 is 0 Å². The van der Waals surface area contributed by atoms with Gasteiger partial charge in [0.2, 0.25) is 25.9 Å². The Balaban J connectivity index is 1.57. The molecule has 0 bridgehead atoms. The van der Waals surface area contributed by atoms with Crippen molar-refractivity contribution in [3.63, 3.8) is 0 Å². The van der Waals surface area contributed by atoms with Crippen LogP contribution in [0.4, 0.5) is 10.5 Å². The van der Waals surface area contributed by atoms with Crippen LogP contribution in [0.25, 0.3) is 11.4 Å². The van der Waals surface area contributed by atoms with Gasteiger partial charge in [-0.25, -0.2) is 26.4 Å². The van der Waals surface area contributed by atoms with E-state index in [1.54, 1.807) is 93.4 Å². The molecule has 0 aliphatic carbocycles. The van der Waals surface area contributed by atoms with Gasteiger partial charge in [0.15, 0.2) is 8.32 Å². The van der Waals surface area contributed by atoms with Crippen LogP contribution in [0.1, 0.15) is 64.7 Å². The maximum absolute atomic E-state index is 16.2. The predicted molar refractivity (Wildman–Crippen MR) is 282 cm³/mol. The molecule has 1 amide bonds. The van der Waals surface area contributed by atoms with E-state index in [0.29, 0.717) is 34.8 Å². The first-order valence-corrected chi connectivity index (χ1v) is 29.9. The average Bonchev–Trinajstić information content (AvgIpc) is 4.04. The molecule has 5 aromatic rings. The van der Waals surface area contributed by atoms with Gasteiger partial charge in [0.1, 0.15) is 32.6 Å². The molecule has 1 aromatic heterocycles. The van der Waals surface area contributed by atoms with Crippen molar-refractivity contribution in [3.05, 3.63) is 102 Å². The number of nitrogens with zero attached hydrogens (tertiary/aromatic N) is 6. The number of hydrogen-bond donors (Lipinski definition) is 2. The summed E-state index contributed by atoms with van der Waals surface area (Å²) in [7, 11) is -6.59. The van der Waals surface area contributed by atoms with E-state index in [9.17, 15) is 9.59 Å². The fourth-order valence-electron chi connectivity index (χ4n) is 7.91. The van der Waals surface area contributed by atoms with E-state index in [4.69, 9.17) is 33.2 Å². The molecule has 0 saturated carbocycles. The van der Waals surface area contributed by atoms with Gasteiger partial charge in [-0.2, -0.15) is 9.10 Å². The van der Waals surface area contributed by atoms with Gasteiger partial charge < -0.3 is 38.3 Å². The van der Waals surface area contributed by atoms with Crippen molar-refractivity contribution in [1.29, 1.82) is 0 Å². The Morgan fingerprint density at radius 1 is 0.770 bits per heavy atom. The SMILES string of the molecule is COC(=O)C1CCN(c2ccc(S(=O)(=O)NC[C@@H](CNC(=O)OC(C)(C)C)O[Si](C)(C)C(C)(C)C)c(S(=O)(=O)N(Cc3ccc(OC)cc3)Cc3ccc(OC)cc3)c2-c2nnn(Cc3ccc(OC)cc3)n2)C1. The number of rotatable bonds is 22. The lowest BCUT2D eigenvalue weighted by molar-refractivity contribution is -0.144. The van der Waals surface area contributed by atoms with Gasteiger partial charge in [0, 0.05) is 45.0 Å². The summed E-state index contributed by atoms with van der Waals surface area (Å²) in [5.41, 5.74) is 1.17. The molecule has 23 heteroatoms. The number of aromatic nitrogens is 4. The molecule has 1 fully saturated rings. The summed E-state index contributed by atoms with van der Waals surface area (Å²) in [6.07, 6.45) is -1.30. The monoisotopic (exact) mass is 1080 g/mol. The molecule has 1 aliphatic rings. The maximum atomic E-state index is 16.2. The number of alkyl carbamates (subject to hydrolysis) is 1. The number of carbonyl (C=O) groups is 2. The van der Waals surface area contributed by atoms with Crippen molar-refractivity contribution in [3.8, 4) is 28.6 Å². The minimum absolute atomic E-state index is 0.107. The van der Waals surface area contributed by atoms with Crippen LogP contribution in [-0.4, -0.2) is 128 Å². The average molecular weight is 1080 g/mol. The molecule has 2 atom stereocenters. The standard InChI is InChI=1S/C51H70N8O12S2Si/c1-50(2,3)70-49(61)52-29-42(71-74(11,12)51(4,5)6)30-53-72(62,63)44-26-25-43(57-28-27-38(34-57)48(60)69-10)45(47-54-56-59(55-47)33-37-17-23-41(68-9)24-18-37)46(44)73(64,65)58(31-35-13-19-39(66-7)20-14-35)32-36-15-21-40(67-8)22-16-36/h13-26,38,42,53H,27-34H2,1-12H3,(H,52,61)/t38?,42-/m1/s1. The zero-order chi connectivity index (χ0) is 54.2. The third kappa shape index (κ3) is 14.4. The molecular weight excluding hydrogens is 1010 g/mol. The number of amides is 1. The number of carbonyl (C=O) groups excluding carboxylic acids is 2. The van der Waals surface area contributed by atoms with Crippen LogP contribution in [0, 0.1) is 5.92 Å². The topological polar surface area (TPSA) is 232 Å². The molecule has 4 aromatic carbocycles. The normalized spacial score (nSPS) is 14.9. The lowest BCUT2D eigenvalue weighted by atomic mass is 10.1. The largest absolute Gasteiger partial charge is 0.497 e. The molecule has 402 valence electrons. The van der Waals surface area contributed by atoms with E-state index in [0.717, 1.165) is 5.56 Å². The Morgan fingerprint density at radius 3 is 1.81 bits per heavy atom. The minimum Gasteiger partial charge on any atom is -0.497 e. The number of hydrogen-bond acceptors (Lipinski definition) is 16. The second kappa shape index (κ2) is 23.6. The van der Waals surface area contributed by atoms with Crippen LogP contribution in [0.2, 0.25) is 18.1 Å². The molecule has 2 heterocycles. The smallest absolute Gasteiger partial charge is 0.407 e. The highest BCUT2D eigenvalue weighted by Crippen LogP contribution is 2.43. The third-order valence-electron chi connectivity index (χ3n) is 12.9. The minimum atomic E-state index is -4.99. The van der Waals surface area contributed by atoms with Crippen molar-refractivity contribution in [1.82, 2.24) is 34.6 Å². The Morgan fingerprint density at radius 2 is 1.31 bits per heavy atom. The number of tetrazole rings is 1. The first-order chi connectivity index (χ1) is 34.8. The van der Waals surface area contributed by atoms with Crippen molar-refractivity contribution in [2.75, 3.05) is 59.5 Å². The Kier molecular flexibility index (Phi) is 18.2. The Labute approximate surface area is 436 Å². The Bertz CT molecular complexity index is 2890. The summed E-state index contributed by atoms with van der Waals surface area (Å²) in [6, 6.07) is 23.6. The van der Waals surface area contributed by atoms with E-state index in [2.05, 4.69) is 20.4 Å². The van der Waals surface area contributed by atoms with E-state index in [1.807, 2.05) is 46.0 Å². The summed E-state index contributed by atoms with van der Waals surface area (Å²) in [5, 5.41) is 15.9. The van der Waals surface area contributed by atoms with Crippen molar-refractivity contribution in [2.45, 2.75) is 107 Å². The molecule has 20 nitrogen and oxygen atoms in total. The van der Waals surface area contributed by atoms with E-state index in [-0.39, 0.29) is 67.9 Å². The summed E-state index contributed by atoms with van der Waals surface area (Å²) >= 11 is 0. The zero-order valence-electron chi connectivity index (χ0n) is 44.3. The van der Waals surface area contributed by atoms with Crippen molar-refractivity contribution in [2.24, 2.45) is 5.92 Å². The van der Waals surface area contributed by atoms with Crippen molar-refractivity contribution < 1.29 is 54.5 Å². The fourth-order valence-corrected chi connectivity index (χ4v) is 12.7. The Hall–Kier alpha value is -6.11. The number of sulfonamides is 2. The van der Waals surface area contributed by atoms with E-state index < -0.39 is 67.8 Å². The summed E-state index contributed by atoms with van der Waals surface area (Å²) in [6.45, 7) is 14.8. The number of anilines is 1. The molecule has 1 unspecified atom stereocenters. The highest BCUT2D eigenvalue weighted by molar-refractivity contribution is 7.92. The van der Waals surface area contributed by atoms with Crippen LogP contribution in [0.15, 0.2) is 94.7 Å². The number of esters is 1. The van der Waals surface area contributed by atoms with Gasteiger partial charge in [0.05, 0.1) is 52.6 Å².